The first-order valence-corrected chi connectivity index (χ1v) is 6.62. The van der Waals surface area contributed by atoms with Crippen LogP contribution in [0.3, 0.4) is 0 Å². The fraction of sp³-hybridized carbons (Fsp3) is 0.125. The van der Waals surface area contributed by atoms with Crippen LogP contribution in [-0.2, 0) is 11.3 Å². The number of hydrogen-bond donors (Lipinski definition) is 2. The summed E-state index contributed by atoms with van der Waals surface area (Å²) in [5.41, 5.74) is 3.44. The van der Waals surface area contributed by atoms with Crippen molar-refractivity contribution in [1.29, 1.82) is 0 Å². The number of anilines is 1. The van der Waals surface area contributed by atoms with Crippen molar-refractivity contribution in [3.8, 4) is 0 Å². The number of carbonyl (C=O) groups is 1. The van der Waals surface area contributed by atoms with E-state index in [9.17, 15) is 4.79 Å². The van der Waals surface area contributed by atoms with E-state index in [-0.39, 0.29) is 5.97 Å². The molecule has 3 aromatic rings. The van der Waals surface area contributed by atoms with Gasteiger partial charge in [-0.3, -0.25) is 0 Å². The third kappa shape index (κ3) is 2.86. The molecule has 1 aromatic heterocycles. The standard InChI is InChI=1S/C16H15N3O2/c1-21-15(20)12-6-4-5-11(9-12)10-17-16-18-13-7-2-3-8-14(13)19-16/h2-9H,10H2,1H3,(H2,17,18,19). The molecule has 0 radical (unpaired) electrons. The second kappa shape index (κ2) is 5.66. The molecule has 21 heavy (non-hydrogen) atoms. The molecule has 0 saturated carbocycles. The van der Waals surface area contributed by atoms with Crippen molar-refractivity contribution in [2.75, 3.05) is 12.4 Å². The van der Waals surface area contributed by atoms with Crippen LogP contribution in [0.1, 0.15) is 15.9 Å². The molecule has 1 heterocycles. The van der Waals surface area contributed by atoms with Crippen LogP contribution in [0.2, 0.25) is 0 Å². The Morgan fingerprint density at radius 3 is 2.90 bits per heavy atom. The second-order valence-electron chi connectivity index (χ2n) is 4.65. The molecular weight excluding hydrogens is 266 g/mol. The van der Waals surface area contributed by atoms with Crippen LogP contribution in [0.5, 0.6) is 0 Å². The van der Waals surface area contributed by atoms with Crippen molar-refractivity contribution < 1.29 is 9.53 Å². The third-order valence-electron chi connectivity index (χ3n) is 3.20. The Labute approximate surface area is 122 Å². The maximum absolute atomic E-state index is 11.5. The van der Waals surface area contributed by atoms with Crippen LogP contribution in [-0.4, -0.2) is 23.0 Å². The van der Waals surface area contributed by atoms with Gasteiger partial charge in [0.15, 0.2) is 0 Å². The first kappa shape index (κ1) is 13.2. The van der Waals surface area contributed by atoms with Gasteiger partial charge in [-0.2, -0.15) is 0 Å². The molecule has 0 amide bonds. The number of fused-ring (bicyclic) bond motifs is 1. The SMILES string of the molecule is COC(=O)c1cccc(CNc2nc3ccccc3[nH]2)c1. The molecule has 0 unspecified atom stereocenters. The van der Waals surface area contributed by atoms with Crippen molar-refractivity contribution in [2.24, 2.45) is 0 Å². The summed E-state index contributed by atoms with van der Waals surface area (Å²) in [6.45, 7) is 0.574. The predicted octanol–water partition coefficient (Wildman–Crippen LogP) is 2.96. The summed E-state index contributed by atoms with van der Waals surface area (Å²) in [5, 5.41) is 3.22. The first-order valence-electron chi connectivity index (χ1n) is 6.62. The summed E-state index contributed by atoms with van der Waals surface area (Å²) in [5.74, 6) is 0.375. The Morgan fingerprint density at radius 1 is 1.24 bits per heavy atom. The highest BCUT2D eigenvalue weighted by molar-refractivity contribution is 5.89. The van der Waals surface area contributed by atoms with Gasteiger partial charge in [0.25, 0.3) is 0 Å². The molecule has 2 aromatic carbocycles. The lowest BCUT2D eigenvalue weighted by molar-refractivity contribution is 0.0600. The van der Waals surface area contributed by atoms with Crippen LogP contribution in [0, 0.1) is 0 Å². The number of para-hydroxylation sites is 2. The van der Waals surface area contributed by atoms with Gasteiger partial charge in [0.1, 0.15) is 0 Å². The van der Waals surface area contributed by atoms with Gasteiger partial charge < -0.3 is 15.0 Å². The van der Waals surface area contributed by atoms with Crippen LogP contribution >= 0.6 is 0 Å². The van der Waals surface area contributed by atoms with Gasteiger partial charge in [0.2, 0.25) is 5.95 Å². The number of aromatic amines is 1. The van der Waals surface area contributed by atoms with E-state index in [1.165, 1.54) is 7.11 Å². The summed E-state index contributed by atoms with van der Waals surface area (Å²) in [6.07, 6.45) is 0. The zero-order valence-corrected chi connectivity index (χ0v) is 11.6. The summed E-state index contributed by atoms with van der Waals surface area (Å²) < 4.78 is 4.72. The minimum Gasteiger partial charge on any atom is -0.465 e. The molecule has 0 aliphatic carbocycles. The number of carbonyl (C=O) groups excluding carboxylic acids is 1. The van der Waals surface area contributed by atoms with E-state index in [0.717, 1.165) is 16.6 Å². The number of rotatable bonds is 4. The number of H-pyrrole nitrogens is 1. The molecule has 0 atom stereocenters. The average Bonchev–Trinajstić information content (AvgIpc) is 2.95. The lowest BCUT2D eigenvalue weighted by Gasteiger charge is -2.05. The average molecular weight is 281 g/mol. The number of methoxy groups -OCH3 is 1. The van der Waals surface area contributed by atoms with Gasteiger partial charge in [0.05, 0.1) is 23.7 Å². The first-order chi connectivity index (χ1) is 10.3. The van der Waals surface area contributed by atoms with E-state index in [1.54, 1.807) is 6.07 Å². The van der Waals surface area contributed by atoms with E-state index in [2.05, 4.69) is 15.3 Å². The van der Waals surface area contributed by atoms with Crippen LogP contribution in [0.15, 0.2) is 48.5 Å². The van der Waals surface area contributed by atoms with E-state index in [0.29, 0.717) is 18.1 Å². The Morgan fingerprint density at radius 2 is 2.10 bits per heavy atom. The van der Waals surface area contributed by atoms with E-state index >= 15 is 0 Å². The number of hydrogen-bond acceptors (Lipinski definition) is 4. The molecule has 106 valence electrons. The van der Waals surface area contributed by atoms with Crippen molar-refractivity contribution in [1.82, 2.24) is 9.97 Å². The number of nitrogens with one attached hydrogen (secondary N) is 2. The van der Waals surface area contributed by atoms with Gasteiger partial charge >= 0.3 is 5.97 Å². The van der Waals surface area contributed by atoms with Crippen LogP contribution in [0.4, 0.5) is 5.95 Å². The Balaban J connectivity index is 1.73. The van der Waals surface area contributed by atoms with Crippen LogP contribution < -0.4 is 5.32 Å². The highest BCUT2D eigenvalue weighted by Gasteiger charge is 2.06. The minimum absolute atomic E-state index is 0.333. The lowest BCUT2D eigenvalue weighted by atomic mass is 10.1. The zero-order chi connectivity index (χ0) is 14.7. The number of ether oxygens (including phenoxy) is 1. The molecule has 5 heteroatoms. The molecule has 0 spiro atoms. The zero-order valence-electron chi connectivity index (χ0n) is 11.6. The van der Waals surface area contributed by atoms with Gasteiger partial charge in [-0.1, -0.05) is 24.3 Å². The van der Waals surface area contributed by atoms with Crippen LogP contribution in [0.25, 0.3) is 11.0 Å². The predicted molar refractivity (Wildman–Crippen MR) is 81.2 cm³/mol. The summed E-state index contributed by atoms with van der Waals surface area (Å²) >= 11 is 0. The number of benzene rings is 2. The molecule has 0 aliphatic heterocycles. The number of nitrogens with zero attached hydrogens (tertiary/aromatic N) is 1. The normalized spacial score (nSPS) is 10.5. The number of esters is 1. The molecule has 0 saturated heterocycles. The topological polar surface area (TPSA) is 67.0 Å². The fourth-order valence-electron chi connectivity index (χ4n) is 2.15. The van der Waals surface area contributed by atoms with E-state index < -0.39 is 0 Å². The Bertz CT molecular complexity index is 747. The number of imidazole rings is 1. The van der Waals surface area contributed by atoms with Crippen molar-refractivity contribution in [2.45, 2.75) is 6.54 Å². The largest absolute Gasteiger partial charge is 0.465 e. The van der Waals surface area contributed by atoms with Gasteiger partial charge in [0, 0.05) is 6.54 Å². The van der Waals surface area contributed by atoms with E-state index in [4.69, 9.17) is 4.74 Å². The van der Waals surface area contributed by atoms with E-state index in [1.807, 2.05) is 42.5 Å². The molecule has 5 nitrogen and oxygen atoms in total. The Kier molecular flexibility index (Phi) is 3.55. The lowest BCUT2D eigenvalue weighted by Crippen LogP contribution is -2.04. The third-order valence-corrected chi connectivity index (χ3v) is 3.20. The summed E-state index contributed by atoms with van der Waals surface area (Å²) in [7, 11) is 1.38. The highest BCUT2D eigenvalue weighted by Crippen LogP contribution is 2.14. The Hall–Kier alpha value is -2.82. The summed E-state index contributed by atoms with van der Waals surface area (Å²) in [6, 6.07) is 15.2. The van der Waals surface area contributed by atoms with Gasteiger partial charge in [-0.05, 0) is 29.8 Å². The molecule has 0 aliphatic rings. The quantitative estimate of drug-likeness (QED) is 0.721. The highest BCUT2D eigenvalue weighted by atomic mass is 16.5. The smallest absolute Gasteiger partial charge is 0.337 e. The van der Waals surface area contributed by atoms with Crippen molar-refractivity contribution >= 4 is 23.0 Å². The van der Waals surface area contributed by atoms with Gasteiger partial charge in [-0.15, -0.1) is 0 Å². The molecule has 0 fully saturated rings. The number of aromatic nitrogens is 2. The minimum atomic E-state index is -0.333. The molecule has 2 N–H and O–H groups in total. The molecule has 3 rings (SSSR count). The second-order valence-corrected chi connectivity index (χ2v) is 4.65. The maximum Gasteiger partial charge on any atom is 0.337 e. The summed E-state index contributed by atoms with van der Waals surface area (Å²) in [4.78, 5) is 19.1. The fourth-order valence-corrected chi connectivity index (χ4v) is 2.15. The molecular formula is C16H15N3O2. The monoisotopic (exact) mass is 281 g/mol. The molecule has 0 bridgehead atoms. The maximum atomic E-state index is 11.5. The van der Waals surface area contributed by atoms with Crippen molar-refractivity contribution in [3.05, 3.63) is 59.7 Å². The van der Waals surface area contributed by atoms with Crippen molar-refractivity contribution in [3.63, 3.8) is 0 Å². The van der Waals surface area contributed by atoms with Gasteiger partial charge in [-0.25, -0.2) is 9.78 Å².